The van der Waals surface area contributed by atoms with Gasteiger partial charge in [-0.3, -0.25) is 14.5 Å². The van der Waals surface area contributed by atoms with Crippen LogP contribution >= 0.6 is 0 Å². The molecule has 166 valence electrons. The van der Waals surface area contributed by atoms with Gasteiger partial charge in [-0.25, -0.2) is 0 Å². The summed E-state index contributed by atoms with van der Waals surface area (Å²) in [6.45, 7) is 5.54. The van der Waals surface area contributed by atoms with Crippen molar-refractivity contribution in [3.63, 3.8) is 0 Å². The molecule has 0 aliphatic carbocycles. The number of piperidine rings is 1. The predicted molar refractivity (Wildman–Crippen MR) is 122 cm³/mol. The van der Waals surface area contributed by atoms with E-state index in [4.69, 9.17) is 4.52 Å². The summed E-state index contributed by atoms with van der Waals surface area (Å²) in [5.74, 6) is 0.818. The molecule has 0 spiro atoms. The summed E-state index contributed by atoms with van der Waals surface area (Å²) in [6.07, 6.45) is 1.75. The summed E-state index contributed by atoms with van der Waals surface area (Å²) >= 11 is 0. The van der Waals surface area contributed by atoms with Crippen LogP contribution in [0.1, 0.15) is 31.2 Å². The average molecular weight is 434 g/mol. The number of rotatable bonds is 6. The van der Waals surface area contributed by atoms with Crippen molar-refractivity contribution >= 4 is 23.2 Å². The van der Waals surface area contributed by atoms with Crippen LogP contribution in [0.15, 0.2) is 53.1 Å². The first-order valence-corrected chi connectivity index (χ1v) is 10.8. The Bertz CT molecular complexity index is 1090. The van der Waals surface area contributed by atoms with Crippen LogP contribution in [0.4, 0.5) is 11.4 Å². The molecule has 3 aromatic rings. The Balaban J connectivity index is 1.35. The molecule has 2 N–H and O–H groups in total. The molecule has 4 rings (SSSR count). The summed E-state index contributed by atoms with van der Waals surface area (Å²) in [4.78, 5) is 30.8. The molecule has 0 bridgehead atoms. The number of carbonyl (C=O) groups excluding carboxylic acids is 2. The quantitative estimate of drug-likeness (QED) is 0.612. The lowest BCUT2D eigenvalue weighted by atomic mass is 9.97. The lowest BCUT2D eigenvalue weighted by Gasteiger charge is -2.31. The Kier molecular flexibility index (Phi) is 6.61. The third kappa shape index (κ3) is 5.59. The van der Waals surface area contributed by atoms with E-state index in [1.54, 1.807) is 18.2 Å². The molecule has 0 unspecified atom stereocenters. The van der Waals surface area contributed by atoms with Crippen molar-refractivity contribution in [3.05, 3.63) is 59.9 Å². The highest BCUT2D eigenvalue weighted by Crippen LogP contribution is 2.23. The number of nitrogens with zero attached hydrogens (tertiary/aromatic N) is 3. The van der Waals surface area contributed by atoms with Crippen molar-refractivity contribution < 1.29 is 14.1 Å². The molecule has 0 saturated carbocycles. The summed E-state index contributed by atoms with van der Waals surface area (Å²) in [5.41, 5.74) is 3.39. The molecule has 1 fully saturated rings. The predicted octanol–water partition coefficient (Wildman–Crippen LogP) is 3.85. The molecule has 2 amide bonds. The van der Waals surface area contributed by atoms with Crippen LogP contribution in [0.25, 0.3) is 11.5 Å². The largest absolute Gasteiger partial charge is 0.334 e. The zero-order chi connectivity index (χ0) is 22.5. The smallest absolute Gasteiger partial charge is 0.257 e. The van der Waals surface area contributed by atoms with E-state index < -0.39 is 0 Å². The number of aryl methyl sites for hydroxylation is 1. The molecule has 1 aliphatic rings. The molecule has 1 aromatic heterocycles. The minimum Gasteiger partial charge on any atom is -0.334 e. The highest BCUT2D eigenvalue weighted by molar-refractivity contribution is 5.94. The fourth-order valence-corrected chi connectivity index (χ4v) is 3.87. The van der Waals surface area contributed by atoms with Gasteiger partial charge in [-0.15, -0.1) is 0 Å². The second kappa shape index (κ2) is 9.74. The lowest BCUT2D eigenvalue weighted by molar-refractivity contribution is -0.121. The SMILES string of the molecule is CC(=O)Nc1cccc(NC(=O)[C@@H]2CCCN(Cc3noc(-c4ccc(C)cc4)n3)C2)c1. The van der Waals surface area contributed by atoms with Gasteiger partial charge in [-0.05, 0) is 56.6 Å². The van der Waals surface area contributed by atoms with Crippen molar-refractivity contribution in [1.29, 1.82) is 0 Å². The Morgan fingerprint density at radius 1 is 1.12 bits per heavy atom. The molecule has 1 saturated heterocycles. The number of benzene rings is 2. The fourth-order valence-electron chi connectivity index (χ4n) is 3.87. The second-order valence-corrected chi connectivity index (χ2v) is 8.21. The van der Waals surface area contributed by atoms with Crippen LogP contribution in [-0.2, 0) is 16.1 Å². The first-order valence-electron chi connectivity index (χ1n) is 10.8. The summed E-state index contributed by atoms with van der Waals surface area (Å²) < 4.78 is 5.43. The molecular formula is C24H27N5O3. The number of amides is 2. The van der Waals surface area contributed by atoms with Gasteiger partial charge in [0.1, 0.15) is 0 Å². The molecular weight excluding hydrogens is 406 g/mol. The van der Waals surface area contributed by atoms with E-state index in [1.165, 1.54) is 12.5 Å². The van der Waals surface area contributed by atoms with Gasteiger partial charge in [0.15, 0.2) is 5.82 Å². The fraction of sp³-hybridized carbons (Fsp3) is 0.333. The van der Waals surface area contributed by atoms with Gasteiger partial charge >= 0.3 is 0 Å². The normalized spacial score (nSPS) is 16.5. The summed E-state index contributed by atoms with van der Waals surface area (Å²) in [6, 6.07) is 15.1. The molecule has 1 atom stereocenters. The maximum absolute atomic E-state index is 12.8. The second-order valence-electron chi connectivity index (χ2n) is 8.21. The Labute approximate surface area is 187 Å². The zero-order valence-corrected chi connectivity index (χ0v) is 18.3. The van der Waals surface area contributed by atoms with Crippen molar-refractivity contribution in [1.82, 2.24) is 15.0 Å². The Morgan fingerprint density at radius 2 is 1.88 bits per heavy atom. The van der Waals surface area contributed by atoms with Crippen LogP contribution in [0.2, 0.25) is 0 Å². The topological polar surface area (TPSA) is 100 Å². The van der Waals surface area contributed by atoms with E-state index in [9.17, 15) is 9.59 Å². The number of hydrogen-bond donors (Lipinski definition) is 2. The van der Waals surface area contributed by atoms with E-state index >= 15 is 0 Å². The Hall–Kier alpha value is -3.52. The molecule has 2 aromatic carbocycles. The van der Waals surface area contributed by atoms with E-state index in [-0.39, 0.29) is 17.7 Å². The first-order chi connectivity index (χ1) is 15.5. The number of anilines is 2. The van der Waals surface area contributed by atoms with Crippen molar-refractivity contribution in [2.75, 3.05) is 23.7 Å². The van der Waals surface area contributed by atoms with Crippen LogP contribution in [0, 0.1) is 12.8 Å². The summed E-state index contributed by atoms with van der Waals surface area (Å²) in [7, 11) is 0. The maximum atomic E-state index is 12.8. The highest BCUT2D eigenvalue weighted by atomic mass is 16.5. The number of nitrogens with one attached hydrogen (secondary N) is 2. The number of hydrogen-bond acceptors (Lipinski definition) is 6. The molecule has 0 radical (unpaired) electrons. The van der Waals surface area contributed by atoms with Crippen LogP contribution in [0.3, 0.4) is 0 Å². The molecule has 2 heterocycles. The van der Waals surface area contributed by atoms with Crippen molar-refractivity contribution in [2.45, 2.75) is 33.2 Å². The zero-order valence-electron chi connectivity index (χ0n) is 18.3. The van der Waals surface area contributed by atoms with Gasteiger partial charge < -0.3 is 15.2 Å². The highest BCUT2D eigenvalue weighted by Gasteiger charge is 2.27. The number of aromatic nitrogens is 2. The third-order valence-electron chi connectivity index (χ3n) is 5.46. The molecule has 1 aliphatic heterocycles. The van der Waals surface area contributed by atoms with Gasteiger partial charge in [0.05, 0.1) is 12.5 Å². The molecule has 8 nitrogen and oxygen atoms in total. The van der Waals surface area contributed by atoms with Gasteiger partial charge in [0.25, 0.3) is 5.89 Å². The number of likely N-dealkylation sites (tertiary alicyclic amines) is 1. The standard InChI is InChI=1S/C24H27N5O3/c1-16-8-10-18(11-9-16)24-27-22(28-32-24)15-29-12-4-5-19(14-29)23(31)26-21-7-3-6-20(13-21)25-17(2)30/h3,6-11,13,19H,4-5,12,14-15H2,1-2H3,(H,25,30)(H,26,31)/t19-/m1/s1. The van der Waals surface area contributed by atoms with Gasteiger partial charge in [-0.2, -0.15) is 4.98 Å². The van der Waals surface area contributed by atoms with Gasteiger partial charge in [0, 0.05) is 30.4 Å². The average Bonchev–Trinajstić information content (AvgIpc) is 3.22. The Morgan fingerprint density at radius 3 is 2.62 bits per heavy atom. The molecule has 8 heteroatoms. The van der Waals surface area contributed by atoms with Crippen LogP contribution < -0.4 is 10.6 Å². The van der Waals surface area contributed by atoms with E-state index in [0.29, 0.717) is 36.2 Å². The monoisotopic (exact) mass is 433 g/mol. The summed E-state index contributed by atoms with van der Waals surface area (Å²) in [5, 5.41) is 9.82. The third-order valence-corrected chi connectivity index (χ3v) is 5.46. The van der Waals surface area contributed by atoms with E-state index in [0.717, 1.165) is 24.9 Å². The first kappa shape index (κ1) is 21.7. The maximum Gasteiger partial charge on any atom is 0.257 e. The van der Waals surface area contributed by atoms with Gasteiger partial charge in [0.2, 0.25) is 11.8 Å². The van der Waals surface area contributed by atoms with Gasteiger partial charge in [-0.1, -0.05) is 28.9 Å². The van der Waals surface area contributed by atoms with E-state index in [1.807, 2.05) is 37.3 Å². The number of carbonyl (C=O) groups is 2. The molecule has 32 heavy (non-hydrogen) atoms. The lowest BCUT2D eigenvalue weighted by Crippen LogP contribution is -2.40. The van der Waals surface area contributed by atoms with Crippen molar-refractivity contribution in [2.24, 2.45) is 5.92 Å². The minimum absolute atomic E-state index is 0.0249. The van der Waals surface area contributed by atoms with Crippen molar-refractivity contribution in [3.8, 4) is 11.5 Å². The van der Waals surface area contributed by atoms with E-state index in [2.05, 4.69) is 25.7 Å². The van der Waals surface area contributed by atoms with Crippen LogP contribution in [-0.4, -0.2) is 39.9 Å². The minimum atomic E-state index is -0.150. The van der Waals surface area contributed by atoms with Crippen LogP contribution in [0.5, 0.6) is 0 Å².